The molecule has 2 heteroatoms. The van der Waals surface area contributed by atoms with Crippen LogP contribution in [-0.2, 0) is 0 Å². The number of para-hydroxylation sites is 1. The van der Waals surface area contributed by atoms with E-state index in [9.17, 15) is 0 Å². The van der Waals surface area contributed by atoms with E-state index in [-0.39, 0.29) is 0 Å². The number of anilines is 3. The van der Waals surface area contributed by atoms with Crippen molar-refractivity contribution in [2.45, 2.75) is 0 Å². The fraction of sp³-hybridized carbons (Fsp3) is 0. The monoisotopic (exact) mass is 864 g/mol. The SMILES string of the molecule is c1ccc2cc(-c3ccc(-n4c5ccccc5c5cc(-c6ccc(N(c7ccc(-c8cccc9ccccc89)cc7)c7ccc(-c8cccc9ccccc89)cc7)cc6)ccc54)cc3)ccc2c1. The summed E-state index contributed by atoms with van der Waals surface area (Å²) in [5.74, 6) is 0. The van der Waals surface area contributed by atoms with Crippen molar-refractivity contribution in [3.8, 4) is 50.2 Å². The van der Waals surface area contributed by atoms with E-state index >= 15 is 0 Å². The van der Waals surface area contributed by atoms with Crippen LogP contribution in [0.5, 0.6) is 0 Å². The highest BCUT2D eigenvalue weighted by atomic mass is 15.1. The second kappa shape index (κ2) is 16.5. The van der Waals surface area contributed by atoms with Crippen molar-refractivity contribution in [2.75, 3.05) is 4.90 Å². The average molecular weight is 865 g/mol. The van der Waals surface area contributed by atoms with Crippen LogP contribution in [0.3, 0.4) is 0 Å². The minimum Gasteiger partial charge on any atom is -0.311 e. The highest BCUT2D eigenvalue weighted by Crippen LogP contribution is 2.41. The van der Waals surface area contributed by atoms with Crippen LogP contribution in [-0.4, -0.2) is 4.57 Å². The molecule has 0 saturated heterocycles. The summed E-state index contributed by atoms with van der Waals surface area (Å²) in [5.41, 5.74) is 16.5. The van der Waals surface area contributed by atoms with Crippen molar-refractivity contribution >= 4 is 71.2 Å². The fourth-order valence-electron chi connectivity index (χ4n) is 10.4. The maximum absolute atomic E-state index is 2.40. The maximum atomic E-state index is 2.40. The van der Waals surface area contributed by atoms with Crippen molar-refractivity contribution in [1.82, 2.24) is 4.57 Å². The molecule has 1 heterocycles. The van der Waals surface area contributed by atoms with Gasteiger partial charge < -0.3 is 9.47 Å². The highest BCUT2D eigenvalue weighted by molar-refractivity contribution is 6.10. The molecule has 0 radical (unpaired) electrons. The predicted octanol–water partition coefficient (Wildman–Crippen LogP) is 18.4. The Kier molecular flexibility index (Phi) is 9.54. The summed E-state index contributed by atoms with van der Waals surface area (Å²) in [6, 6.07) is 97.4. The zero-order valence-corrected chi connectivity index (χ0v) is 37.3. The van der Waals surface area contributed by atoms with Gasteiger partial charge in [-0.2, -0.15) is 0 Å². The van der Waals surface area contributed by atoms with Gasteiger partial charge in [-0.3, -0.25) is 0 Å². The maximum Gasteiger partial charge on any atom is 0.0541 e. The van der Waals surface area contributed by atoms with Crippen LogP contribution >= 0.6 is 0 Å². The summed E-state index contributed by atoms with van der Waals surface area (Å²) in [4.78, 5) is 2.37. The van der Waals surface area contributed by atoms with Crippen molar-refractivity contribution < 1.29 is 0 Å². The molecule has 0 atom stereocenters. The van der Waals surface area contributed by atoms with Crippen molar-refractivity contribution in [2.24, 2.45) is 0 Å². The van der Waals surface area contributed by atoms with Crippen LogP contribution in [0.25, 0.3) is 104 Å². The third kappa shape index (κ3) is 6.90. The molecule has 1 aromatic heterocycles. The first-order valence-corrected chi connectivity index (χ1v) is 23.4. The van der Waals surface area contributed by atoms with E-state index < -0.39 is 0 Å². The van der Waals surface area contributed by atoms with Gasteiger partial charge in [-0.25, -0.2) is 0 Å². The third-order valence-corrected chi connectivity index (χ3v) is 13.8. The number of nitrogens with zero attached hydrogens (tertiary/aromatic N) is 2. The topological polar surface area (TPSA) is 8.17 Å². The standard InChI is InChI=1S/C66H44N2/c1-2-14-52-43-53(24-23-45(52)11-1)46-27-36-58(37-28-46)68-65-22-8-7-19-63(65)64-44-54(33-42-66(64)68)47-25-34-55(35-26-47)67(56-38-29-50(30-39-56)61-20-9-15-48-12-3-5-17-59(48)61)57-40-31-51(32-41-57)62-21-10-16-49-13-4-6-18-60(49)62/h1-44H. The summed E-state index contributed by atoms with van der Waals surface area (Å²) in [6.45, 7) is 0. The number of hydrogen-bond donors (Lipinski definition) is 0. The molecule has 0 saturated carbocycles. The molecule has 0 aliphatic carbocycles. The van der Waals surface area contributed by atoms with Gasteiger partial charge in [0.05, 0.1) is 11.0 Å². The first-order valence-electron chi connectivity index (χ1n) is 23.4. The van der Waals surface area contributed by atoms with Gasteiger partial charge in [0.15, 0.2) is 0 Å². The second-order valence-electron chi connectivity index (χ2n) is 17.7. The number of rotatable bonds is 8. The van der Waals surface area contributed by atoms with Crippen molar-refractivity contribution in [1.29, 1.82) is 0 Å². The van der Waals surface area contributed by atoms with Gasteiger partial charge in [0.1, 0.15) is 0 Å². The van der Waals surface area contributed by atoms with E-state index in [4.69, 9.17) is 0 Å². The van der Waals surface area contributed by atoms with Crippen LogP contribution in [0.2, 0.25) is 0 Å². The Hall–Kier alpha value is -8.98. The summed E-state index contributed by atoms with van der Waals surface area (Å²) >= 11 is 0. The van der Waals surface area contributed by atoms with Gasteiger partial charge in [0.25, 0.3) is 0 Å². The first kappa shape index (κ1) is 39.4. The summed E-state index contributed by atoms with van der Waals surface area (Å²) in [6.07, 6.45) is 0. The van der Waals surface area contributed by atoms with Crippen LogP contribution in [0, 0.1) is 0 Å². The smallest absolute Gasteiger partial charge is 0.0541 e. The molecular weight excluding hydrogens is 821 g/mol. The van der Waals surface area contributed by atoms with Crippen LogP contribution in [0.15, 0.2) is 267 Å². The van der Waals surface area contributed by atoms with Crippen LogP contribution in [0.1, 0.15) is 0 Å². The molecular formula is C66H44N2. The Morgan fingerprint density at radius 1 is 0.235 bits per heavy atom. The lowest BCUT2D eigenvalue weighted by molar-refractivity contribution is 1.18. The Morgan fingerprint density at radius 3 is 1.24 bits per heavy atom. The number of benzene rings is 12. The lowest BCUT2D eigenvalue weighted by atomic mass is 9.97. The summed E-state index contributed by atoms with van der Waals surface area (Å²) in [7, 11) is 0. The van der Waals surface area contributed by atoms with Gasteiger partial charge in [0, 0.05) is 33.5 Å². The Bertz CT molecular complexity index is 3860. The Labute approximate surface area is 395 Å². The molecule has 0 amide bonds. The molecule has 68 heavy (non-hydrogen) atoms. The van der Waals surface area contributed by atoms with Crippen LogP contribution in [0.4, 0.5) is 17.1 Å². The summed E-state index contributed by atoms with van der Waals surface area (Å²) in [5, 5.41) is 10.00. The van der Waals surface area contributed by atoms with Gasteiger partial charge in [0.2, 0.25) is 0 Å². The molecule has 12 aromatic carbocycles. The molecule has 0 unspecified atom stereocenters. The van der Waals surface area contributed by atoms with E-state index in [2.05, 4.69) is 276 Å². The van der Waals surface area contributed by atoms with Gasteiger partial charge >= 0.3 is 0 Å². The number of fused-ring (bicyclic) bond motifs is 6. The quantitative estimate of drug-likeness (QED) is 0.148. The first-order chi connectivity index (χ1) is 33.7. The lowest BCUT2D eigenvalue weighted by Gasteiger charge is -2.26. The largest absolute Gasteiger partial charge is 0.311 e. The Morgan fingerprint density at radius 2 is 0.647 bits per heavy atom. The second-order valence-corrected chi connectivity index (χ2v) is 17.7. The predicted molar refractivity (Wildman–Crippen MR) is 290 cm³/mol. The van der Waals surface area contributed by atoms with E-state index in [0.717, 1.165) is 22.7 Å². The van der Waals surface area contributed by atoms with Crippen molar-refractivity contribution in [3.63, 3.8) is 0 Å². The minimum absolute atomic E-state index is 1.09. The van der Waals surface area contributed by atoms with Gasteiger partial charge in [-0.05, 0) is 150 Å². The average Bonchev–Trinajstić information content (AvgIpc) is 3.75. The van der Waals surface area contributed by atoms with Crippen molar-refractivity contribution in [3.05, 3.63) is 267 Å². The molecule has 0 bridgehead atoms. The molecule has 0 aliphatic heterocycles. The van der Waals surface area contributed by atoms with E-state index in [1.807, 2.05) is 0 Å². The molecule has 13 aromatic rings. The summed E-state index contributed by atoms with van der Waals surface area (Å²) < 4.78 is 2.40. The molecule has 0 fully saturated rings. The van der Waals surface area contributed by atoms with E-state index in [1.165, 1.54) is 98.6 Å². The molecule has 318 valence electrons. The molecule has 0 N–H and O–H groups in total. The fourth-order valence-corrected chi connectivity index (χ4v) is 10.4. The number of hydrogen-bond acceptors (Lipinski definition) is 1. The van der Waals surface area contributed by atoms with Gasteiger partial charge in [-0.1, -0.05) is 194 Å². The highest BCUT2D eigenvalue weighted by Gasteiger charge is 2.17. The number of aromatic nitrogens is 1. The zero-order valence-electron chi connectivity index (χ0n) is 37.3. The molecule has 0 spiro atoms. The van der Waals surface area contributed by atoms with E-state index in [0.29, 0.717) is 0 Å². The minimum atomic E-state index is 1.09. The van der Waals surface area contributed by atoms with Crippen LogP contribution < -0.4 is 4.90 Å². The Balaban J connectivity index is 0.857. The van der Waals surface area contributed by atoms with E-state index in [1.54, 1.807) is 0 Å². The normalized spacial score (nSPS) is 11.5. The third-order valence-electron chi connectivity index (χ3n) is 13.8. The molecule has 2 nitrogen and oxygen atoms in total. The van der Waals surface area contributed by atoms with Gasteiger partial charge in [-0.15, -0.1) is 0 Å². The molecule has 0 aliphatic rings. The zero-order chi connectivity index (χ0) is 45.0. The molecule has 13 rings (SSSR count). The lowest BCUT2D eigenvalue weighted by Crippen LogP contribution is -2.09.